The third kappa shape index (κ3) is 5.03. The highest BCUT2D eigenvalue weighted by atomic mass is 32.2. The first-order chi connectivity index (χ1) is 14.1. The van der Waals surface area contributed by atoms with Gasteiger partial charge in [-0.25, -0.2) is 21.6 Å². The van der Waals surface area contributed by atoms with E-state index in [1.165, 1.54) is 32.4 Å². The third-order valence-electron chi connectivity index (χ3n) is 4.10. The molecule has 0 radical (unpaired) electrons. The lowest BCUT2D eigenvalue weighted by molar-refractivity contribution is -0.116. The van der Waals surface area contributed by atoms with E-state index in [1.54, 1.807) is 6.92 Å². The van der Waals surface area contributed by atoms with Crippen molar-refractivity contribution in [1.82, 2.24) is 4.31 Å². The Balaban J connectivity index is 2.28. The quantitative estimate of drug-likeness (QED) is 0.598. The van der Waals surface area contributed by atoms with Gasteiger partial charge in [0.25, 0.3) is 0 Å². The second-order valence-electron chi connectivity index (χ2n) is 6.13. The minimum absolute atomic E-state index is 0.00956. The number of nitrogens with zero attached hydrogens (tertiary/aromatic N) is 1. The van der Waals surface area contributed by atoms with Crippen molar-refractivity contribution >= 4 is 21.6 Å². The van der Waals surface area contributed by atoms with E-state index >= 15 is 0 Å². The summed E-state index contributed by atoms with van der Waals surface area (Å²) in [5, 5.41) is 2.06. The van der Waals surface area contributed by atoms with Gasteiger partial charge in [-0.3, -0.25) is 4.79 Å². The number of hydrogen-bond acceptors (Lipinski definition) is 5. The molecule has 7 nitrogen and oxygen atoms in total. The summed E-state index contributed by atoms with van der Waals surface area (Å²) in [7, 11) is -1.37. The van der Waals surface area contributed by atoms with Crippen molar-refractivity contribution in [3.05, 3.63) is 47.8 Å². The predicted octanol–water partition coefficient (Wildman–Crippen LogP) is 3.16. The highest BCUT2D eigenvalue weighted by Gasteiger charge is 2.27. The van der Waals surface area contributed by atoms with Crippen LogP contribution in [0.2, 0.25) is 0 Å². The number of sulfonamides is 1. The maximum Gasteiger partial charge on any atom is 0.243 e. The van der Waals surface area contributed by atoms with Crippen molar-refractivity contribution < 1.29 is 35.9 Å². The van der Waals surface area contributed by atoms with E-state index in [0.29, 0.717) is 18.2 Å². The lowest BCUT2D eigenvalue weighted by Gasteiger charge is -2.22. The van der Waals surface area contributed by atoms with Crippen LogP contribution in [-0.4, -0.2) is 45.9 Å². The summed E-state index contributed by atoms with van der Waals surface area (Å²) in [5.41, 5.74) is -0.598. The fraction of sp³-hybridized carbons (Fsp3) is 0.316. The number of hydrogen-bond donors (Lipinski definition) is 1. The highest BCUT2D eigenvalue weighted by molar-refractivity contribution is 7.89. The first-order valence-corrected chi connectivity index (χ1v) is 10.2. The zero-order valence-corrected chi connectivity index (χ0v) is 17.4. The Bertz CT molecular complexity index is 1030. The Kier molecular flexibility index (Phi) is 7.68. The van der Waals surface area contributed by atoms with Gasteiger partial charge in [0.05, 0.1) is 31.3 Å². The molecule has 0 aliphatic rings. The lowest BCUT2D eigenvalue weighted by atomic mass is 10.2. The molecule has 0 bridgehead atoms. The monoisotopic (exact) mass is 446 g/mol. The first kappa shape index (κ1) is 23.5. The maximum absolute atomic E-state index is 13.8. The molecule has 2 aromatic carbocycles. The largest absolute Gasteiger partial charge is 0.493 e. The molecule has 0 heterocycles. The summed E-state index contributed by atoms with van der Waals surface area (Å²) in [4.78, 5) is 12.2. The SMILES string of the molecule is CCCN(CC(=O)Nc1ccc(F)c(F)c1F)S(=O)(=O)c1ccc(OC)c(OC)c1. The lowest BCUT2D eigenvalue weighted by Crippen LogP contribution is -2.38. The van der Waals surface area contributed by atoms with Crippen molar-refractivity contribution in [3.8, 4) is 11.5 Å². The normalized spacial score (nSPS) is 11.4. The Labute approximate surface area is 172 Å². The first-order valence-electron chi connectivity index (χ1n) is 8.81. The third-order valence-corrected chi connectivity index (χ3v) is 5.94. The molecule has 2 rings (SSSR count). The van der Waals surface area contributed by atoms with Crippen LogP contribution < -0.4 is 14.8 Å². The maximum atomic E-state index is 13.8. The fourth-order valence-electron chi connectivity index (χ4n) is 2.63. The Morgan fingerprint density at radius 1 is 1.03 bits per heavy atom. The molecule has 0 spiro atoms. The van der Waals surface area contributed by atoms with Gasteiger partial charge in [0.1, 0.15) is 0 Å². The molecule has 0 saturated heterocycles. The molecule has 1 amide bonds. The number of amides is 1. The van der Waals surface area contributed by atoms with Crippen LogP contribution in [0, 0.1) is 17.5 Å². The molecule has 0 aromatic heterocycles. The van der Waals surface area contributed by atoms with Crippen LogP contribution >= 0.6 is 0 Å². The van der Waals surface area contributed by atoms with E-state index in [4.69, 9.17) is 9.47 Å². The number of benzene rings is 2. The van der Waals surface area contributed by atoms with Crippen molar-refractivity contribution in [3.63, 3.8) is 0 Å². The van der Waals surface area contributed by atoms with Gasteiger partial charge in [0, 0.05) is 12.6 Å². The Morgan fingerprint density at radius 2 is 1.70 bits per heavy atom. The van der Waals surface area contributed by atoms with Gasteiger partial charge in [-0.2, -0.15) is 4.31 Å². The second kappa shape index (κ2) is 9.81. The van der Waals surface area contributed by atoms with Gasteiger partial charge in [0.15, 0.2) is 29.0 Å². The second-order valence-corrected chi connectivity index (χ2v) is 8.06. The van der Waals surface area contributed by atoms with Gasteiger partial charge in [0.2, 0.25) is 15.9 Å². The Hall–Kier alpha value is -2.79. The topological polar surface area (TPSA) is 84.9 Å². The fourth-order valence-corrected chi connectivity index (χ4v) is 4.14. The van der Waals surface area contributed by atoms with E-state index in [-0.39, 0.29) is 17.2 Å². The predicted molar refractivity (Wildman–Crippen MR) is 104 cm³/mol. The zero-order valence-electron chi connectivity index (χ0n) is 16.5. The summed E-state index contributed by atoms with van der Waals surface area (Å²) >= 11 is 0. The van der Waals surface area contributed by atoms with Crippen LogP contribution in [0.25, 0.3) is 0 Å². The number of methoxy groups -OCH3 is 2. The number of carbonyl (C=O) groups is 1. The highest BCUT2D eigenvalue weighted by Crippen LogP contribution is 2.30. The minimum Gasteiger partial charge on any atom is -0.493 e. The summed E-state index contributed by atoms with van der Waals surface area (Å²) in [5.74, 6) is -5.13. The van der Waals surface area contributed by atoms with Crippen molar-refractivity contribution in [2.45, 2.75) is 18.2 Å². The summed E-state index contributed by atoms with van der Waals surface area (Å²) < 4.78 is 77.2. The van der Waals surface area contributed by atoms with Crippen LogP contribution in [-0.2, 0) is 14.8 Å². The standard InChI is InChI=1S/C19H21F3N2O5S/c1-4-9-24(11-17(25)23-14-7-6-13(20)18(21)19(14)22)30(26,27)12-5-8-15(28-2)16(10-12)29-3/h5-8,10H,4,9,11H2,1-3H3,(H,23,25). The van der Waals surface area contributed by atoms with Crippen LogP contribution in [0.15, 0.2) is 35.2 Å². The molecular weight excluding hydrogens is 425 g/mol. The van der Waals surface area contributed by atoms with E-state index in [1.807, 2.05) is 0 Å². The van der Waals surface area contributed by atoms with E-state index in [0.717, 1.165) is 10.4 Å². The molecule has 0 unspecified atom stereocenters. The van der Waals surface area contributed by atoms with Gasteiger partial charge >= 0.3 is 0 Å². The van der Waals surface area contributed by atoms with Crippen molar-refractivity contribution in [2.24, 2.45) is 0 Å². The number of anilines is 1. The average molecular weight is 446 g/mol. The molecular formula is C19H21F3N2O5S. The molecule has 2 aromatic rings. The number of rotatable bonds is 9. The number of nitrogens with one attached hydrogen (secondary N) is 1. The summed E-state index contributed by atoms with van der Waals surface area (Å²) in [6, 6.07) is 5.46. The molecule has 11 heteroatoms. The zero-order chi connectivity index (χ0) is 22.5. The molecule has 30 heavy (non-hydrogen) atoms. The van der Waals surface area contributed by atoms with Crippen molar-refractivity contribution in [1.29, 1.82) is 0 Å². The number of carbonyl (C=O) groups excluding carboxylic acids is 1. The Morgan fingerprint density at radius 3 is 2.30 bits per heavy atom. The average Bonchev–Trinajstić information content (AvgIpc) is 2.73. The van der Waals surface area contributed by atoms with Gasteiger partial charge in [-0.15, -0.1) is 0 Å². The molecule has 0 aliphatic carbocycles. The van der Waals surface area contributed by atoms with Gasteiger partial charge in [-0.05, 0) is 30.7 Å². The molecule has 1 N–H and O–H groups in total. The van der Waals surface area contributed by atoms with Gasteiger partial charge in [-0.1, -0.05) is 6.92 Å². The minimum atomic E-state index is -4.12. The molecule has 164 valence electrons. The van der Waals surface area contributed by atoms with E-state index < -0.39 is 45.6 Å². The van der Waals surface area contributed by atoms with Crippen LogP contribution in [0.3, 0.4) is 0 Å². The number of ether oxygens (including phenoxy) is 2. The summed E-state index contributed by atoms with van der Waals surface area (Å²) in [6.45, 7) is 1.04. The molecule has 0 atom stereocenters. The number of halogens is 3. The van der Waals surface area contributed by atoms with Crippen LogP contribution in [0.5, 0.6) is 11.5 Å². The van der Waals surface area contributed by atoms with E-state index in [2.05, 4.69) is 5.32 Å². The van der Waals surface area contributed by atoms with E-state index in [9.17, 15) is 26.4 Å². The van der Waals surface area contributed by atoms with Crippen LogP contribution in [0.1, 0.15) is 13.3 Å². The smallest absolute Gasteiger partial charge is 0.243 e. The van der Waals surface area contributed by atoms with Crippen LogP contribution in [0.4, 0.5) is 18.9 Å². The molecule has 0 saturated carbocycles. The molecule has 0 aliphatic heterocycles. The molecule has 0 fully saturated rings. The van der Waals surface area contributed by atoms with Gasteiger partial charge < -0.3 is 14.8 Å². The summed E-state index contributed by atoms with van der Waals surface area (Å²) in [6.07, 6.45) is 0.388. The van der Waals surface area contributed by atoms with Crippen molar-refractivity contribution in [2.75, 3.05) is 32.6 Å².